The Kier molecular flexibility index (Phi) is 3.26. The van der Waals surface area contributed by atoms with Crippen molar-refractivity contribution in [2.24, 2.45) is 5.73 Å². The monoisotopic (exact) mass is 240 g/mol. The highest BCUT2D eigenvalue weighted by Crippen LogP contribution is 2.28. The van der Waals surface area contributed by atoms with Crippen LogP contribution in [0.5, 0.6) is 0 Å². The molecule has 2 N–H and O–H groups in total. The van der Waals surface area contributed by atoms with E-state index in [1.807, 2.05) is 0 Å². The van der Waals surface area contributed by atoms with Gasteiger partial charge >= 0.3 is 0 Å². The first-order valence-electron chi connectivity index (χ1n) is 4.81. The molecule has 0 atom stereocenters. The van der Waals surface area contributed by atoms with E-state index >= 15 is 0 Å². The van der Waals surface area contributed by atoms with E-state index in [1.165, 1.54) is 23.5 Å². The summed E-state index contributed by atoms with van der Waals surface area (Å²) in [4.78, 5) is 4.82. The van der Waals surface area contributed by atoms with Crippen molar-refractivity contribution in [3.63, 3.8) is 0 Å². The van der Waals surface area contributed by atoms with Gasteiger partial charge in [-0.15, -0.1) is 11.3 Å². The largest absolute Gasteiger partial charge is 0.330 e. The normalized spacial score (nSPS) is 10.7. The fourth-order valence-electron chi connectivity index (χ4n) is 1.36. The number of nitrogens with zero attached hydrogens (tertiary/aromatic N) is 1. The summed E-state index contributed by atoms with van der Waals surface area (Å²) in [6.07, 6.45) is 2.26. The third kappa shape index (κ3) is 2.25. The molecular formula is C11H10F2N2S. The maximum absolute atomic E-state index is 13.4. The van der Waals surface area contributed by atoms with Gasteiger partial charge in [0.05, 0.1) is 9.88 Å². The molecule has 5 heteroatoms. The fourth-order valence-corrected chi connectivity index (χ4v) is 2.32. The number of nitrogens with two attached hydrogens (primary N) is 1. The summed E-state index contributed by atoms with van der Waals surface area (Å²) in [5.41, 5.74) is 5.78. The molecule has 0 amide bonds. The highest BCUT2D eigenvalue weighted by Gasteiger charge is 2.09. The predicted octanol–water partition coefficient (Wildman–Crippen LogP) is 2.59. The molecule has 16 heavy (non-hydrogen) atoms. The lowest BCUT2D eigenvalue weighted by Gasteiger charge is -1.98. The van der Waals surface area contributed by atoms with Gasteiger partial charge in [0.1, 0.15) is 11.6 Å². The Morgan fingerprint density at radius 3 is 2.81 bits per heavy atom. The number of halogens is 2. The summed E-state index contributed by atoms with van der Waals surface area (Å²) in [6.45, 7) is 0.513. The molecule has 2 rings (SSSR count). The van der Waals surface area contributed by atoms with Crippen LogP contribution < -0.4 is 5.73 Å². The van der Waals surface area contributed by atoms with E-state index in [-0.39, 0.29) is 0 Å². The smallest absolute Gasteiger partial charge is 0.134 e. The topological polar surface area (TPSA) is 38.9 Å². The first-order valence-corrected chi connectivity index (χ1v) is 5.62. The average molecular weight is 240 g/mol. The van der Waals surface area contributed by atoms with E-state index in [1.54, 1.807) is 6.20 Å². The fraction of sp³-hybridized carbons (Fsp3) is 0.182. The Bertz CT molecular complexity index is 496. The summed E-state index contributed by atoms with van der Waals surface area (Å²) in [5.74, 6) is -1.14. The minimum absolute atomic E-state index is 0.377. The van der Waals surface area contributed by atoms with Crippen LogP contribution in [-0.4, -0.2) is 11.5 Å². The van der Waals surface area contributed by atoms with Gasteiger partial charge in [0, 0.05) is 24.2 Å². The zero-order valence-corrected chi connectivity index (χ0v) is 9.23. The van der Waals surface area contributed by atoms with Crippen molar-refractivity contribution in [3.05, 3.63) is 41.0 Å². The van der Waals surface area contributed by atoms with Crippen LogP contribution in [0.25, 0.3) is 10.4 Å². The van der Waals surface area contributed by atoms with Crippen molar-refractivity contribution >= 4 is 11.3 Å². The molecule has 0 spiro atoms. The molecule has 0 fully saturated rings. The molecule has 2 aromatic rings. The first kappa shape index (κ1) is 11.2. The molecule has 0 aliphatic rings. The van der Waals surface area contributed by atoms with Crippen molar-refractivity contribution in [2.45, 2.75) is 6.42 Å². The third-order valence-corrected chi connectivity index (χ3v) is 3.20. The SMILES string of the molecule is NCCc1ncc(-c2ccc(F)cc2F)s1. The Morgan fingerprint density at radius 2 is 2.12 bits per heavy atom. The van der Waals surface area contributed by atoms with Gasteiger partial charge in [0.15, 0.2) is 0 Å². The van der Waals surface area contributed by atoms with Gasteiger partial charge in [-0.2, -0.15) is 0 Å². The standard InChI is InChI=1S/C11H10F2N2S/c12-7-1-2-8(9(13)5-7)10-6-15-11(16-10)3-4-14/h1-2,5-6H,3-4,14H2. The molecule has 1 aromatic carbocycles. The molecule has 0 saturated carbocycles. The van der Waals surface area contributed by atoms with Crippen molar-refractivity contribution in [2.75, 3.05) is 6.54 Å². The molecule has 0 unspecified atom stereocenters. The number of thiazole rings is 1. The van der Waals surface area contributed by atoms with E-state index in [0.29, 0.717) is 23.4 Å². The summed E-state index contributed by atoms with van der Waals surface area (Å²) in [6, 6.07) is 3.53. The molecule has 1 heterocycles. The summed E-state index contributed by atoms with van der Waals surface area (Å²) in [5, 5.41) is 0.862. The minimum atomic E-state index is -0.576. The van der Waals surface area contributed by atoms with Crippen molar-refractivity contribution in [1.82, 2.24) is 4.98 Å². The van der Waals surface area contributed by atoms with Gasteiger partial charge in [-0.1, -0.05) is 0 Å². The van der Waals surface area contributed by atoms with Crippen molar-refractivity contribution in [3.8, 4) is 10.4 Å². The lowest BCUT2D eigenvalue weighted by molar-refractivity contribution is 0.586. The maximum atomic E-state index is 13.4. The van der Waals surface area contributed by atoms with E-state index in [9.17, 15) is 8.78 Å². The van der Waals surface area contributed by atoms with Crippen molar-refractivity contribution < 1.29 is 8.78 Å². The molecule has 0 bridgehead atoms. The maximum Gasteiger partial charge on any atom is 0.134 e. The molecule has 84 valence electrons. The zero-order chi connectivity index (χ0) is 11.5. The highest BCUT2D eigenvalue weighted by molar-refractivity contribution is 7.15. The van der Waals surface area contributed by atoms with Gasteiger partial charge in [-0.05, 0) is 18.7 Å². The molecule has 0 radical (unpaired) electrons. The number of aromatic nitrogens is 1. The van der Waals surface area contributed by atoms with Crippen molar-refractivity contribution in [1.29, 1.82) is 0 Å². The van der Waals surface area contributed by atoms with Gasteiger partial charge < -0.3 is 5.73 Å². The first-order chi connectivity index (χ1) is 7.70. The van der Waals surface area contributed by atoms with Crippen LogP contribution in [0.4, 0.5) is 8.78 Å². The van der Waals surface area contributed by atoms with Gasteiger partial charge in [0.25, 0.3) is 0 Å². The molecule has 0 aliphatic heterocycles. The van der Waals surface area contributed by atoms with E-state index in [0.717, 1.165) is 11.1 Å². The molecule has 0 aliphatic carbocycles. The predicted molar refractivity (Wildman–Crippen MR) is 60.2 cm³/mol. The summed E-state index contributed by atoms with van der Waals surface area (Å²) >= 11 is 1.38. The summed E-state index contributed by atoms with van der Waals surface area (Å²) < 4.78 is 26.2. The quantitative estimate of drug-likeness (QED) is 0.895. The van der Waals surface area contributed by atoms with Crippen LogP contribution >= 0.6 is 11.3 Å². The second-order valence-corrected chi connectivity index (χ2v) is 4.40. The third-order valence-electron chi connectivity index (χ3n) is 2.11. The number of hydrogen-bond acceptors (Lipinski definition) is 3. The second kappa shape index (κ2) is 4.67. The average Bonchev–Trinajstić information content (AvgIpc) is 2.67. The number of benzene rings is 1. The number of hydrogen-bond donors (Lipinski definition) is 1. The lowest BCUT2D eigenvalue weighted by atomic mass is 10.2. The van der Waals surface area contributed by atoms with Crippen LogP contribution in [-0.2, 0) is 6.42 Å². The van der Waals surface area contributed by atoms with Gasteiger partial charge in [-0.25, -0.2) is 13.8 Å². The Hall–Kier alpha value is -1.33. The Balaban J connectivity index is 2.35. The van der Waals surface area contributed by atoms with Crippen LogP contribution in [0.2, 0.25) is 0 Å². The Morgan fingerprint density at radius 1 is 1.31 bits per heavy atom. The van der Waals surface area contributed by atoms with Crippen LogP contribution in [0, 0.1) is 11.6 Å². The zero-order valence-electron chi connectivity index (χ0n) is 8.41. The summed E-state index contributed by atoms with van der Waals surface area (Å²) in [7, 11) is 0. The van der Waals surface area contributed by atoms with E-state index in [4.69, 9.17) is 5.73 Å². The van der Waals surface area contributed by atoms with Crippen LogP contribution in [0.3, 0.4) is 0 Å². The molecule has 1 aromatic heterocycles. The van der Waals surface area contributed by atoms with E-state index in [2.05, 4.69) is 4.98 Å². The van der Waals surface area contributed by atoms with Crippen LogP contribution in [0.1, 0.15) is 5.01 Å². The molecule has 0 saturated heterocycles. The van der Waals surface area contributed by atoms with E-state index < -0.39 is 11.6 Å². The highest BCUT2D eigenvalue weighted by atomic mass is 32.1. The molecular weight excluding hydrogens is 230 g/mol. The minimum Gasteiger partial charge on any atom is -0.330 e. The molecule has 2 nitrogen and oxygen atoms in total. The number of rotatable bonds is 3. The Labute approximate surface area is 95.7 Å². The second-order valence-electron chi connectivity index (χ2n) is 3.28. The van der Waals surface area contributed by atoms with Gasteiger partial charge in [0.2, 0.25) is 0 Å². The van der Waals surface area contributed by atoms with Gasteiger partial charge in [-0.3, -0.25) is 0 Å². The lowest BCUT2D eigenvalue weighted by Crippen LogP contribution is -2.01. The van der Waals surface area contributed by atoms with Crippen LogP contribution in [0.15, 0.2) is 24.4 Å².